The molecule has 0 aromatic carbocycles. The average Bonchev–Trinajstić information content (AvgIpc) is 2.42. The Morgan fingerprint density at radius 3 is 0.704 bits per heavy atom. The van der Waals surface area contributed by atoms with E-state index in [2.05, 4.69) is 13.8 Å². The Labute approximate surface area is 144 Å². The van der Waals surface area contributed by atoms with Crippen LogP contribution in [0.5, 0.6) is 0 Å². The molecule has 0 bridgehead atoms. The maximum atomic E-state index is 12.3. The molecule has 1 nitrogen and oxygen atoms in total. The van der Waals surface area contributed by atoms with E-state index in [1.54, 1.807) is 0 Å². The van der Waals surface area contributed by atoms with Gasteiger partial charge in [0.05, 0.1) is 0 Å². The Bertz CT molecular complexity index is 383. The topological polar surface area (TPSA) is 31.5 Å². The fourth-order valence-corrected chi connectivity index (χ4v) is 1.25. The maximum Gasteiger partial charge on any atom is 0.460 e. The molecule has 0 fully saturated rings. The monoisotopic (exact) mass is 442 g/mol. The minimum absolute atomic E-state index is 0. The first-order chi connectivity index (χ1) is 11.2. The molecule has 0 rings (SSSR count). The van der Waals surface area contributed by atoms with Crippen molar-refractivity contribution < 1.29 is 66.9 Å². The first-order valence-electron chi connectivity index (χ1n) is 6.81. The molecule has 0 aliphatic rings. The first kappa shape index (κ1) is 30.7. The van der Waals surface area contributed by atoms with Crippen LogP contribution in [0.3, 0.4) is 0 Å². The minimum Gasteiger partial charge on any atom is -0.412 e. The van der Waals surface area contributed by atoms with Crippen LogP contribution in [0, 0.1) is 0 Å². The number of unbranched alkanes of at least 4 members (excludes halogenated alkanes) is 3. The zero-order valence-corrected chi connectivity index (χ0v) is 13.6. The van der Waals surface area contributed by atoms with Crippen molar-refractivity contribution in [2.45, 2.75) is 75.6 Å². The van der Waals surface area contributed by atoms with Crippen LogP contribution in [-0.2, 0) is 0 Å². The Hall–Kier alpha value is -1.02. The van der Waals surface area contributed by atoms with Crippen molar-refractivity contribution >= 4 is 0 Å². The van der Waals surface area contributed by atoms with Crippen molar-refractivity contribution in [1.29, 1.82) is 0 Å². The Kier molecular flexibility index (Phi) is 10.7. The lowest BCUT2D eigenvalue weighted by Crippen LogP contribution is -2.69. The second-order valence-electron chi connectivity index (χ2n) is 5.00. The molecule has 0 aromatic rings. The third kappa shape index (κ3) is 5.98. The SMILES string of the molecule is CCCCCC.FC(F)(F)C(F)(F)C(F)(F)C(F)(F)C(F)(F)C(F)(F)F.O. The number of halogens is 14. The van der Waals surface area contributed by atoms with E-state index in [0.29, 0.717) is 0 Å². The molecule has 0 amide bonds. The predicted molar refractivity (Wildman–Crippen MR) is 65.3 cm³/mol. The molecule has 0 radical (unpaired) electrons. The highest BCUT2D eigenvalue weighted by Crippen LogP contribution is 2.60. The lowest BCUT2D eigenvalue weighted by atomic mass is 9.98. The summed E-state index contributed by atoms with van der Waals surface area (Å²) in [7, 11) is 0. The molecule has 0 aromatic heterocycles. The molecule has 0 unspecified atom stereocenters. The van der Waals surface area contributed by atoms with Gasteiger partial charge in [0, 0.05) is 0 Å². The van der Waals surface area contributed by atoms with Crippen molar-refractivity contribution in [3.8, 4) is 0 Å². The standard InChI is InChI=1S/C6F14.C6H14.H2O/c7-1(8,3(11,12)5(15,16)17)2(9,10)4(13,14)6(18,19)20;1-3-5-6-4-2;/h;3-6H2,1-2H3;1H2. The molecule has 0 atom stereocenters. The van der Waals surface area contributed by atoms with E-state index in [0.717, 1.165) is 0 Å². The first-order valence-corrected chi connectivity index (χ1v) is 6.81. The summed E-state index contributed by atoms with van der Waals surface area (Å²) >= 11 is 0. The molecular formula is C12H16F14O. The van der Waals surface area contributed by atoms with E-state index in [4.69, 9.17) is 0 Å². The summed E-state index contributed by atoms with van der Waals surface area (Å²) in [5.41, 5.74) is 0. The van der Waals surface area contributed by atoms with Crippen LogP contribution in [0.1, 0.15) is 39.5 Å². The summed E-state index contributed by atoms with van der Waals surface area (Å²) in [4.78, 5) is 0. The summed E-state index contributed by atoms with van der Waals surface area (Å²) in [5, 5.41) is 0. The van der Waals surface area contributed by atoms with Crippen LogP contribution in [0.25, 0.3) is 0 Å². The zero-order chi connectivity index (χ0) is 21.8. The van der Waals surface area contributed by atoms with Gasteiger partial charge in [0.1, 0.15) is 0 Å². The highest BCUT2D eigenvalue weighted by molar-refractivity contribution is 5.08. The third-order valence-corrected chi connectivity index (χ3v) is 2.85. The number of hydrogen-bond donors (Lipinski definition) is 0. The Morgan fingerprint density at radius 2 is 0.593 bits per heavy atom. The largest absolute Gasteiger partial charge is 0.460 e. The van der Waals surface area contributed by atoms with Gasteiger partial charge in [-0.25, -0.2) is 0 Å². The molecule has 0 saturated heterocycles. The van der Waals surface area contributed by atoms with Crippen LogP contribution < -0.4 is 0 Å². The summed E-state index contributed by atoms with van der Waals surface area (Å²) in [6.07, 6.45) is -9.43. The molecule has 0 aliphatic heterocycles. The second-order valence-corrected chi connectivity index (χ2v) is 5.00. The van der Waals surface area contributed by atoms with Gasteiger partial charge in [0.25, 0.3) is 0 Å². The van der Waals surface area contributed by atoms with Gasteiger partial charge in [-0.3, -0.25) is 0 Å². The van der Waals surface area contributed by atoms with Gasteiger partial charge in [-0.15, -0.1) is 0 Å². The van der Waals surface area contributed by atoms with E-state index in [-0.39, 0.29) is 5.48 Å². The van der Waals surface area contributed by atoms with E-state index >= 15 is 0 Å². The fourth-order valence-electron chi connectivity index (χ4n) is 1.25. The third-order valence-electron chi connectivity index (χ3n) is 2.85. The molecule has 0 saturated carbocycles. The zero-order valence-electron chi connectivity index (χ0n) is 13.6. The minimum atomic E-state index is -8.04. The smallest absolute Gasteiger partial charge is 0.412 e. The molecule has 168 valence electrons. The molecule has 15 heteroatoms. The van der Waals surface area contributed by atoms with Crippen molar-refractivity contribution in [2.75, 3.05) is 0 Å². The van der Waals surface area contributed by atoms with E-state index in [9.17, 15) is 61.5 Å². The lowest BCUT2D eigenvalue weighted by molar-refractivity contribution is -0.451. The van der Waals surface area contributed by atoms with Gasteiger partial charge in [-0.2, -0.15) is 61.5 Å². The van der Waals surface area contributed by atoms with Crippen molar-refractivity contribution in [3.05, 3.63) is 0 Å². The fraction of sp³-hybridized carbons (Fsp3) is 1.00. The number of hydrogen-bond acceptors (Lipinski definition) is 0. The number of alkyl halides is 14. The summed E-state index contributed by atoms with van der Waals surface area (Å²) in [6, 6.07) is 0. The average molecular weight is 442 g/mol. The molecule has 2 N–H and O–H groups in total. The normalized spacial score (nSPS) is 14.2. The van der Waals surface area contributed by atoms with Gasteiger partial charge in [-0.1, -0.05) is 39.5 Å². The predicted octanol–water partition coefficient (Wildman–Crippen LogP) is 6.41. The molecule has 0 spiro atoms. The lowest BCUT2D eigenvalue weighted by Gasteiger charge is -2.37. The van der Waals surface area contributed by atoms with Crippen LogP contribution >= 0.6 is 0 Å². The van der Waals surface area contributed by atoms with Gasteiger partial charge < -0.3 is 5.48 Å². The van der Waals surface area contributed by atoms with E-state index < -0.39 is 36.0 Å². The van der Waals surface area contributed by atoms with Crippen molar-refractivity contribution in [1.82, 2.24) is 0 Å². The summed E-state index contributed by atoms with van der Waals surface area (Å²) < 4.78 is 166. The van der Waals surface area contributed by atoms with Crippen molar-refractivity contribution in [2.24, 2.45) is 0 Å². The van der Waals surface area contributed by atoms with Gasteiger partial charge >= 0.3 is 36.0 Å². The van der Waals surface area contributed by atoms with Gasteiger partial charge in [-0.05, 0) is 0 Å². The highest BCUT2D eigenvalue weighted by atomic mass is 19.4. The van der Waals surface area contributed by atoms with E-state index in [1.165, 1.54) is 25.7 Å². The van der Waals surface area contributed by atoms with Crippen LogP contribution in [0.2, 0.25) is 0 Å². The highest BCUT2D eigenvalue weighted by Gasteiger charge is 2.91. The van der Waals surface area contributed by atoms with Gasteiger partial charge in [0.2, 0.25) is 0 Å². The van der Waals surface area contributed by atoms with E-state index in [1.807, 2.05) is 0 Å². The van der Waals surface area contributed by atoms with Gasteiger partial charge in [0.15, 0.2) is 0 Å². The Morgan fingerprint density at radius 1 is 0.407 bits per heavy atom. The quantitative estimate of drug-likeness (QED) is 0.336. The van der Waals surface area contributed by atoms with Crippen molar-refractivity contribution in [3.63, 3.8) is 0 Å². The molecule has 27 heavy (non-hydrogen) atoms. The Balaban J connectivity index is -0.000000709. The molecule has 0 heterocycles. The second kappa shape index (κ2) is 9.45. The van der Waals surface area contributed by atoms with Crippen LogP contribution in [0.4, 0.5) is 61.5 Å². The maximum absolute atomic E-state index is 12.3. The summed E-state index contributed by atoms with van der Waals surface area (Å²) in [5.74, 6) is -31.7. The molecule has 0 aliphatic carbocycles. The number of rotatable bonds is 6. The molecular weight excluding hydrogens is 426 g/mol. The summed E-state index contributed by atoms with van der Waals surface area (Å²) in [6.45, 7) is 4.46. The van der Waals surface area contributed by atoms with Crippen LogP contribution in [0.15, 0.2) is 0 Å². The van der Waals surface area contributed by atoms with Crippen LogP contribution in [-0.4, -0.2) is 41.5 Å².